The van der Waals surface area contributed by atoms with Crippen LogP contribution in [0.3, 0.4) is 0 Å². The fourth-order valence-electron chi connectivity index (χ4n) is 3.89. The number of fused-ring (bicyclic) bond motifs is 1. The Balaban J connectivity index is 2.01. The molecule has 0 N–H and O–H groups in total. The Morgan fingerprint density at radius 1 is 1.03 bits per heavy atom. The lowest BCUT2D eigenvalue weighted by Gasteiger charge is -2.15. The third-order valence-electron chi connectivity index (χ3n) is 5.76. The molecule has 0 bridgehead atoms. The van der Waals surface area contributed by atoms with E-state index in [0.29, 0.717) is 41.6 Å². The van der Waals surface area contributed by atoms with Gasteiger partial charge in [0.1, 0.15) is 5.75 Å². The predicted octanol–water partition coefficient (Wildman–Crippen LogP) is 3.76. The van der Waals surface area contributed by atoms with Gasteiger partial charge in [0.15, 0.2) is 11.2 Å². The average molecular weight is 433 g/mol. The molecule has 0 unspecified atom stereocenters. The zero-order valence-electron chi connectivity index (χ0n) is 18.9. The third kappa shape index (κ3) is 3.86. The van der Waals surface area contributed by atoms with Crippen molar-refractivity contribution >= 4 is 11.2 Å². The van der Waals surface area contributed by atoms with E-state index in [9.17, 15) is 9.59 Å². The van der Waals surface area contributed by atoms with Crippen LogP contribution in [0.5, 0.6) is 5.75 Å². The summed E-state index contributed by atoms with van der Waals surface area (Å²) in [7, 11) is 1.56. The van der Waals surface area contributed by atoms with Gasteiger partial charge in [-0.25, -0.2) is 14.3 Å². The quantitative estimate of drug-likeness (QED) is 0.446. The number of hydrogen-bond donors (Lipinski definition) is 0. The first-order valence-electron chi connectivity index (χ1n) is 10.8. The van der Waals surface area contributed by atoms with Gasteiger partial charge in [-0.15, -0.1) is 0 Å². The highest BCUT2D eigenvalue weighted by Crippen LogP contribution is 2.23. The van der Waals surface area contributed by atoms with Crippen LogP contribution in [-0.4, -0.2) is 25.8 Å². The number of imidazole rings is 1. The molecule has 166 valence electrons. The molecule has 0 aliphatic carbocycles. The summed E-state index contributed by atoms with van der Waals surface area (Å²) < 4.78 is 10.2. The number of aryl methyl sites for hydroxylation is 1. The van der Waals surface area contributed by atoms with Gasteiger partial charge in [0.05, 0.1) is 19.1 Å². The summed E-state index contributed by atoms with van der Waals surface area (Å²) in [6, 6.07) is 15.3. The maximum absolute atomic E-state index is 13.5. The number of para-hydroxylation sites is 2. The topological polar surface area (TPSA) is 71.1 Å². The van der Waals surface area contributed by atoms with Crippen molar-refractivity contribution in [2.75, 3.05) is 7.11 Å². The summed E-state index contributed by atoms with van der Waals surface area (Å²) in [5.41, 5.74) is 2.80. The molecule has 0 radical (unpaired) electrons. The number of nitrogens with zero attached hydrogens (tertiary/aromatic N) is 4. The predicted molar refractivity (Wildman–Crippen MR) is 126 cm³/mol. The molecule has 0 fully saturated rings. The molecule has 2 aromatic carbocycles. The summed E-state index contributed by atoms with van der Waals surface area (Å²) in [6.07, 6.45) is 2.36. The highest BCUT2D eigenvalue weighted by atomic mass is 16.5. The van der Waals surface area contributed by atoms with Crippen molar-refractivity contribution in [1.29, 1.82) is 0 Å². The van der Waals surface area contributed by atoms with Gasteiger partial charge in [0.2, 0.25) is 0 Å². The Bertz CT molecular complexity index is 1380. The molecule has 0 aliphatic rings. The zero-order chi connectivity index (χ0) is 22.8. The van der Waals surface area contributed by atoms with Crippen molar-refractivity contribution < 1.29 is 4.74 Å². The van der Waals surface area contributed by atoms with E-state index in [1.54, 1.807) is 25.6 Å². The number of benzene rings is 2. The Kier molecular flexibility index (Phi) is 5.99. The van der Waals surface area contributed by atoms with Gasteiger partial charge in [0, 0.05) is 13.1 Å². The van der Waals surface area contributed by atoms with E-state index in [-0.39, 0.29) is 5.56 Å². The van der Waals surface area contributed by atoms with Gasteiger partial charge >= 0.3 is 5.69 Å². The zero-order valence-corrected chi connectivity index (χ0v) is 18.9. The second-order valence-corrected chi connectivity index (χ2v) is 8.40. The molecule has 2 aromatic heterocycles. The monoisotopic (exact) mass is 432 g/mol. The lowest BCUT2D eigenvalue weighted by atomic mass is 10.1. The van der Waals surface area contributed by atoms with Gasteiger partial charge in [-0.2, -0.15) is 0 Å². The van der Waals surface area contributed by atoms with E-state index in [1.165, 1.54) is 9.13 Å². The number of aromatic nitrogens is 4. The second-order valence-electron chi connectivity index (χ2n) is 8.40. The summed E-state index contributed by atoms with van der Waals surface area (Å²) in [5, 5.41) is 0. The minimum atomic E-state index is -0.409. The molecular weight excluding hydrogens is 404 g/mol. The minimum absolute atomic E-state index is 0.317. The SMILES string of the molecule is COc1ccccc1-n1c(=O)n(CCC(C)C)c(=O)c2c1ncn2Cc1ccccc1C. The van der Waals surface area contributed by atoms with Gasteiger partial charge in [-0.05, 0) is 42.5 Å². The van der Waals surface area contributed by atoms with Crippen LogP contribution < -0.4 is 16.0 Å². The molecule has 0 saturated heterocycles. The lowest BCUT2D eigenvalue weighted by Crippen LogP contribution is -2.40. The maximum Gasteiger partial charge on any atom is 0.337 e. The molecule has 4 aromatic rings. The molecule has 32 heavy (non-hydrogen) atoms. The van der Waals surface area contributed by atoms with E-state index in [4.69, 9.17) is 4.74 Å². The molecule has 4 rings (SSSR count). The van der Waals surface area contributed by atoms with E-state index >= 15 is 0 Å². The van der Waals surface area contributed by atoms with Crippen molar-refractivity contribution in [3.8, 4) is 11.4 Å². The van der Waals surface area contributed by atoms with Crippen LogP contribution in [0.15, 0.2) is 64.4 Å². The average Bonchev–Trinajstić information content (AvgIpc) is 3.19. The Hall–Kier alpha value is -3.61. The Morgan fingerprint density at radius 3 is 2.47 bits per heavy atom. The summed E-state index contributed by atoms with van der Waals surface area (Å²) in [6.45, 7) is 7.03. The van der Waals surface area contributed by atoms with Gasteiger partial charge in [0.25, 0.3) is 5.56 Å². The van der Waals surface area contributed by atoms with Crippen molar-refractivity contribution in [2.24, 2.45) is 5.92 Å². The van der Waals surface area contributed by atoms with Gasteiger partial charge in [-0.1, -0.05) is 50.2 Å². The first-order valence-corrected chi connectivity index (χ1v) is 10.8. The molecule has 0 aliphatic heterocycles. The standard InChI is InChI=1S/C25H28N4O3/c1-17(2)13-14-28-24(30)22-23(26-16-27(22)15-19-10-6-5-9-18(19)3)29(25(28)31)20-11-7-8-12-21(20)32-4/h5-12,16-17H,13-15H2,1-4H3. The molecular formula is C25H28N4O3. The number of hydrogen-bond acceptors (Lipinski definition) is 4. The first kappa shape index (κ1) is 21.6. The van der Waals surface area contributed by atoms with E-state index in [0.717, 1.165) is 17.5 Å². The molecule has 2 heterocycles. The number of methoxy groups -OCH3 is 1. The van der Waals surface area contributed by atoms with E-state index in [2.05, 4.69) is 18.8 Å². The minimum Gasteiger partial charge on any atom is -0.495 e. The lowest BCUT2D eigenvalue weighted by molar-refractivity contribution is 0.412. The van der Waals surface area contributed by atoms with Crippen LogP contribution in [0.2, 0.25) is 0 Å². The summed E-state index contributed by atoms with van der Waals surface area (Å²) in [5.74, 6) is 0.895. The second kappa shape index (κ2) is 8.86. The summed E-state index contributed by atoms with van der Waals surface area (Å²) in [4.78, 5) is 31.6. The Morgan fingerprint density at radius 2 is 1.75 bits per heavy atom. The highest BCUT2D eigenvalue weighted by molar-refractivity contribution is 5.73. The molecule has 0 amide bonds. The molecule has 0 saturated carbocycles. The highest BCUT2D eigenvalue weighted by Gasteiger charge is 2.21. The van der Waals surface area contributed by atoms with Crippen LogP contribution in [0.25, 0.3) is 16.9 Å². The van der Waals surface area contributed by atoms with Gasteiger partial charge < -0.3 is 9.30 Å². The fourth-order valence-corrected chi connectivity index (χ4v) is 3.89. The van der Waals surface area contributed by atoms with Gasteiger partial charge in [-0.3, -0.25) is 9.36 Å². The van der Waals surface area contributed by atoms with Crippen LogP contribution >= 0.6 is 0 Å². The molecule has 7 nitrogen and oxygen atoms in total. The molecule has 0 spiro atoms. The fraction of sp³-hybridized carbons (Fsp3) is 0.320. The molecule has 7 heteroatoms. The van der Waals surface area contributed by atoms with E-state index < -0.39 is 5.69 Å². The number of rotatable bonds is 7. The largest absolute Gasteiger partial charge is 0.495 e. The van der Waals surface area contributed by atoms with Crippen LogP contribution in [0, 0.1) is 12.8 Å². The van der Waals surface area contributed by atoms with Crippen molar-refractivity contribution in [3.05, 3.63) is 86.8 Å². The van der Waals surface area contributed by atoms with E-state index in [1.807, 2.05) is 47.9 Å². The van der Waals surface area contributed by atoms with Crippen LogP contribution in [0.1, 0.15) is 31.4 Å². The maximum atomic E-state index is 13.5. The number of ether oxygens (including phenoxy) is 1. The van der Waals surface area contributed by atoms with Crippen LogP contribution in [0.4, 0.5) is 0 Å². The van der Waals surface area contributed by atoms with Crippen LogP contribution in [-0.2, 0) is 13.1 Å². The third-order valence-corrected chi connectivity index (χ3v) is 5.76. The van der Waals surface area contributed by atoms with Crippen molar-refractivity contribution in [1.82, 2.24) is 18.7 Å². The Labute approximate surface area is 186 Å². The first-order chi connectivity index (χ1) is 15.4. The normalized spacial score (nSPS) is 11.4. The van der Waals surface area contributed by atoms with Crippen molar-refractivity contribution in [2.45, 2.75) is 40.3 Å². The smallest absolute Gasteiger partial charge is 0.337 e. The molecule has 0 atom stereocenters. The summed E-state index contributed by atoms with van der Waals surface area (Å²) >= 11 is 0. The van der Waals surface area contributed by atoms with Crippen molar-refractivity contribution in [3.63, 3.8) is 0 Å².